The Morgan fingerprint density at radius 1 is 0.719 bits per heavy atom. The van der Waals surface area contributed by atoms with Gasteiger partial charge in [-0.15, -0.1) is 0 Å². The van der Waals surface area contributed by atoms with Crippen molar-refractivity contribution < 1.29 is 70.8 Å². The summed E-state index contributed by atoms with van der Waals surface area (Å²) in [5, 5.41) is 30.8. The minimum absolute atomic E-state index is 0.0284. The lowest BCUT2D eigenvalue weighted by Gasteiger charge is -2.38. The monoisotopic (exact) mass is 1270 g/mol. The van der Waals surface area contributed by atoms with E-state index < -0.39 is 18.1 Å². The molecule has 490 valence electrons. The van der Waals surface area contributed by atoms with E-state index in [0.717, 1.165) is 94.7 Å². The normalized spacial score (nSPS) is 19.4. The number of piperidine rings is 1. The maximum absolute atomic E-state index is 13.3. The minimum atomic E-state index is -5.08. The number of carbonyl (C=O) groups excluding carboxylic acids is 6. The number of primary amides is 1. The Balaban J connectivity index is 0.00000152. The number of ether oxygens (including phenoxy) is 4. The van der Waals surface area contributed by atoms with E-state index in [1.165, 1.54) is 0 Å². The van der Waals surface area contributed by atoms with Gasteiger partial charge in [0.2, 0.25) is 23.6 Å². The molecule has 0 radical (unpaired) electrons. The van der Waals surface area contributed by atoms with Gasteiger partial charge in [0.15, 0.2) is 0 Å². The Labute approximate surface area is 521 Å². The van der Waals surface area contributed by atoms with Crippen LogP contribution in [0.5, 0.6) is 11.5 Å². The van der Waals surface area contributed by atoms with Crippen LogP contribution in [-0.4, -0.2) is 219 Å². The number of benzene rings is 2. The van der Waals surface area contributed by atoms with E-state index in [1.807, 2.05) is 82.0 Å². The fourth-order valence-electron chi connectivity index (χ4n) is 11.2. The third kappa shape index (κ3) is 23.4. The molecule has 0 saturated carbocycles. The van der Waals surface area contributed by atoms with E-state index in [9.17, 15) is 41.9 Å². The number of amides is 7. The first-order valence-corrected chi connectivity index (χ1v) is 32.0. The molecule has 2 aromatic carbocycles. The fourth-order valence-corrected chi connectivity index (χ4v) is 12.8. The molecule has 89 heavy (non-hydrogen) atoms. The second kappa shape index (κ2) is 36.6. The van der Waals surface area contributed by atoms with Gasteiger partial charge in [-0.25, -0.2) is 14.3 Å². The molecule has 4 fully saturated rings. The van der Waals surface area contributed by atoms with Crippen molar-refractivity contribution in [2.45, 2.75) is 107 Å². The van der Waals surface area contributed by atoms with E-state index in [0.29, 0.717) is 152 Å². The molecule has 0 aliphatic carbocycles. The van der Waals surface area contributed by atoms with Crippen LogP contribution >= 0.6 is 11.8 Å². The molecule has 6 heterocycles. The van der Waals surface area contributed by atoms with Crippen molar-refractivity contribution in [2.75, 3.05) is 129 Å². The predicted octanol–water partition coefficient (Wildman–Crippen LogP) is 4.92. The molecule has 24 nitrogen and oxygen atoms in total. The SMILES string of the molecule is NC(=O)c1c(-c2ccc(Oc3ccccc3)cc2)nn2c1NCC[C@H]2C1CCN(C(=O)/C=C/CN2CCN(CCNC(=O)CCCC(=O)NCCCOCCOCCOCCCNC(=O)CCCC[C@H]3SC[C@H]4NC(=O)N[C@H]43)CC2)CC1.O=C(O)C(F)(F)F. The number of fused-ring (bicyclic) bond motifs is 2. The number of likely N-dealkylation sites (tertiary alicyclic amines) is 1. The topological polar surface area (TPSA) is 302 Å². The molecule has 5 aliphatic heterocycles. The lowest BCUT2D eigenvalue weighted by Crippen LogP contribution is -2.48. The molecule has 5 aliphatic rings. The number of nitrogens with one attached hydrogen (secondary N) is 6. The van der Waals surface area contributed by atoms with E-state index in [1.54, 1.807) is 6.08 Å². The molecule has 28 heteroatoms. The maximum Gasteiger partial charge on any atom is 0.490 e. The number of thioether (sulfide) groups is 1. The Kier molecular flexibility index (Phi) is 28.6. The van der Waals surface area contributed by atoms with Crippen molar-refractivity contribution in [1.29, 1.82) is 0 Å². The maximum atomic E-state index is 13.3. The second-order valence-corrected chi connectivity index (χ2v) is 23.7. The first-order valence-electron chi connectivity index (χ1n) is 30.9. The first-order chi connectivity index (χ1) is 43.0. The van der Waals surface area contributed by atoms with Crippen LogP contribution in [-0.2, 0) is 38.2 Å². The first kappa shape index (κ1) is 69.5. The van der Waals surface area contributed by atoms with Crippen molar-refractivity contribution in [3.63, 3.8) is 0 Å². The zero-order chi connectivity index (χ0) is 63.4. The summed E-state index contributed by atoms with van der Waals surface area (Å²) in [5.41, 5.74) is 7.68. The third-order valence-corrected chi connectivity index (χ3v) is 17.5. The smallest absolute Gasteiger partial charge is 0.475 e. The van der Waals surface area contributed by atoms with Gasteiger partial charge in [0.25, 0.3) is 5.91 Å². The number of urea groups is 1. The summed E-state index contributed by atoms with van der Waals surface area (Å²) in [6.45, 7) is 11.5. The lowest BCUT2D eigenvalue weighted by molar-refractivity contribution is -0.192. The number of carbonyl (C=O) groups is 7. The summed E-state index contributed by atoms with van der Waals surface area (Å²) >= 11 is 1.90. The number of hydrogen-bond donors (Lipinski definition) is 8. The van der Waals surface area contributed by atoms with Gasteiger partial charge in [-0.3, -0.25) is 33.8 Å². The van der Waals surface area contributed by atoms with E-state index in [2.05, 4.69) is 41.7 Å². The molecule has 0 bridgehead atoms. The number of unbranched alkanes of at least 4 members (excludes halogenated alkanes) is 1. The van der Waals surface area contributed by atoms with Crippen LogP contribution in [0.3, 0.4) is 0 Å². The molecule has 4 atom stereocenters. The highest BCUT2D eigenvalue weighted by atomic mass is 32.2. The molecule has 8 rings (SSSR count). The zero-order valence-corrected chi connectivity index (χ0v) is 51.3. The summed E-state index contributed by atoms with van der Waals surface area (Å²) in [5.74, 6) is -0.00912. The van der Waals surface area contributed by atoms with Crippen LogP contribution in [0.25, 0.3) is 11.3 Å². The van der Waals surface area contributed by atoms with Crippen LogP contribution < -0.4 is 42.4 Å². The Bertz CT molecular complexity index is 2770. The molecular weight excluding hydrogens is 1180 g/mol. The number of anilines is 1. The number of nitrogens with zero attached hydrogens (tertiary/aromatic N) is 5. The van der Waals surface area contributed by atoms with Crippen molar-refractivity contribution in [1.82, 2.24) is 51.1 Å². The van der Waals surface area contributed by atoms with Crippen LogP contribution in [0, 0.1) is 5.92 Å². The summed E-state index contributed by atoms with van der Waals surface area (Å²) in [4.78, 5) is 90.1. The number of aliphatic carboxylic acids is 1. The number of rotatable bonds is 34. The number of hydrogen-bond acceptors (Lipinski definition) is 16. The standard InChI is InChI=1S/C59H86N12O10S.C2HF3O2/c60-57(76)54-55(44-17-19-46(20-18-44)81-45-10-2-1-3-11-45)67-71-48(21-26-64-58(54)71)43-22-29-70(30-23-43)53(75)16-7-28-68-32-34-69(35-33-68)31-27-63-52(74)15-6-14-51(73)62-25-9-37-79-39-41-80-40-38-78-36-8-24-61-50(72)13-5-4-12-49-56-47(42-82-49)65-59(77)66-56;3-2(4,5)1(6)7/h1-3,7,10-11,16-20,43,47-49,56,64H,4-6,8-9,12-15,21-42H2,(H2,60,76)(H,61,72)(H,62,73)(H,63,74)(H2,65,66,77);(H,6,7)/b16-7+;/t47-,48+,49-,56-;/m1./s1. The van der Waals surface area contributed by atoms with Gasteiger partial charge >= 0.3 is 18.2 Å². The predicted molar refractivity (Wildman–Crippen MR) is 328 cm³/mol. The van der Waals surface area contributed by atoms with E-state index >= 15 is 0 Å². The van der Waals surface area contributed by atoms with Gasteiger partial charge in [0.1, 0.15) is 28.6 Å². The number of alkyl halides is 3. The number of carboxylic acids is 1. The van der Waals surface area contributed by atoms with Gasteiger partial charge in [-0.1, -0.05) is 30.7 Å². The van der Waals surface area contributed by atoms with Crippen LogP contribution in [0.1, 0.15) is 93.4 Å². The molecular formula is C61H87F3N12O12S. The van der Waals surface area contributed by atoms with Crippen LogP contribution in [0.2, 0.25) is 0 Å². The quantitative estimate of drug-likeness (QED) is 0.0224. The van der Waals surface area contributed by atoms with Crippen molar-refractivity contribution in [3.8, 4) is 22.8 Å². The van der Waals surface area contributed by atoms with Gasteiger partial charge < -0.3 is 66.6 Å². The summed E-state index contributed by atoms with van der Waals surface area (Å²) in [7, 11) is 0. The van der Waals surface area contributed by atoms with Gasteiger partial charge in [0.05, 0.1) is 44.6 Å². The summed E-state index contributed by atoms with van der Waals surface area (Å²) in [6, 6.07) is 17.5. The highest BCUT2D eigenvalue weighted by Crippen LogP contribution is 2.40. The van der Waals surface area contributed by atoms with E-state index in [4.69, 9.17) is 39.7 Å². The number of piperazine rings is 1. The van der Waals surface area contributed by atoms with Crippen molar-refractivity contribution >= 4 is 59.1 Å². The molecule has 9 N–H and O–H groups in total. The second-order valence-electron chi connectivity index (χ2n) is 22.4. The Morgan fingerprint density at radius 3 is 1.92 bits per heavy atom. The van der Waals surface area contributed by atoms with Crippen LogP contribution in [0.4, 0.5) is 23.8 Å². The Hall–Kier alpha value is -6.98. The van der Waals surface area contributed by atoms with Gasteiger partial charge in [0, 0.05) is 134 Å². The Morgan fingerprint density at radius 2 is 1.30 bits per heavy atom. The largest absolute Gasteiger partial charge is 0.490 e. The number of aromatic nitrogens is 2. The molecule has 0 unspecified atom stereocenters. The third-order valence-electron chi connectivity index (χ3n) is 16.0. The highest BCUT2D eigenvalue weighted by Gasteiger charge is 2.43. The average molecular weight is 1270 g/mol. The molecule has 1 aromatic heterocycles. The number of carboxylic acid groups (broad SMARTS) is 1. The molecule has 7 amide bonds. The summed E-state index contributed by atoms with van der Waals surface area (Å²) in [6.07, 6.45) is 6.96. The summed E-state index contributed by atoms with van der Waals surface area (Å²) < 4.78 is 56.4. The zero-order valence-electron chi connectivity index (χ0n) is 50.5. The number of halogens is 3. The lowest BCUT2D eigenvalue weighted by atomic mass is 9.87. The van der Waals surface area contributed by atoms with Crippen molar-refractivity contribution in [2.24, 2.45) is 11.7 Å². The minimum Gasteiger partial charge on any atom is -0.475 e. The fraction of sp³-hybridized carbons (Fsp3) is 0.607. The van der Waals surface area contributed by atoms with Crippen molar-refractivity contribution in [3.05, 3.63) is 72.3 Å². The number of nitrogens with two attached hydrogens (primary N) is 1. The highest BCUT2D eigenvalue weighted by molar-refractivity contribution is 8.00. The van der Waals surface area contributed by atoms with Gasteiger partial charge in [-0.05, 0) is 93.7 Å². The molecule has 3 aromatic rings. The van der Waals surface area contributed by atoms with Gasteiger partial charge in [-0.2, -0.15) is 30.0 Å². The van der Waals surface area contributed by atoms with E-state index in [-0.39, 0.29) is 47.8 Å². The average Bonchev–Trinajstić information content (AvgIpc) is 1.82. The molecule has 0 spiro atoms. The number of para-hydroxylation sites is 1. The molecule has 4 saturated heterocycles. The van der Waals surface area contributed by atoms with Crippen LogP contribution in [0.15, 0.2) is 66.7 Å².